The summed E-state index contributed by atoms with van der Waals surface area (Å²) >= 11 is 4.47. The van der Waals surface area contributed by atoms with Crippen LogP contribution in [0.4, 0.5) is 0 Å². The van der Waals surface area contributed by atoms with Crippen LogP contribution in [-0.4, -0.2) is 0 Å². The maximum absolute atomic E-state index is 4.47. The van der Waals surface area contributed by atoms with Gasteiger partial charge in [-0.2, -0.15) is 0 Å². The third-order valence-electron chi connectivity index (χ3n) is 2.73. The summed E-state index contributed by atoms with van der Waals surface area (Å²) in [5, 5.41) is 0. The van der Waals surface area contributed by atoms with Crippen LogP contribution >= 0.6 is 12.6 Å². The topological polar surface area (TPSA) is 0 Å². The van der Waals surface area contributed by atoms with Crippen LogP contribution in [-0.2, 0) is 0 Å². The Kier molecular flexibility index (Phi) is 2.40. The van der Waals surface area contributed by atoms with Crippen LogP contribution in [0.25, 0.3) is 0 Å². The maximum atomic E-state index is 4.47. The normalized spacial score (nSPS) is 18.4. The van der Waals surface area contributed by atoms with Gasteiger partial charge in [-0.1, -0.05) is 31.0 Å². The molecule has 1 fully saturated rings. The highest BCUT2D eigenvalue weighted by Gasteiger charge is 2.18. The van der Waals surface area contributed by atoms with Crippen molar-refractivity contribution in [1.82, 2.24) is 0 Å². The Labute approximate surface area is 79.4 Å². The van der Waals surface area contributed by atoms with Crippen molar-refractivity contribution in [2.75, 3.05) is 0 Å². The van der Waals surface area contributed by atoms with Crippen LogP contribution in [0.2, 0.25) is 0 Å². The zero-order valence-corrected chi connectivity index (χ0v) is 8.06. The van der Waals surface area contributed by atoms with Gasteiger partial charge in [0.25, 0.3) is 0 Å². The maximum Gasteiger partial charge on any atom is 0.00748 e. The Balaban J connectivity index is 2.26. The lowest BCUT2D eigenvalue weighted by Crippen LogP contribution is -1.92. The van der Waals surface area contributed by atoms with Gasteiger partial charge in [0.2, 0.25) is 0 Å². The summed E-state index contributed by atoms with van der Waals surface area (Å²) < 4.78 is 0. The van der Waals surface area contributed by atoms with E-state index in [0.717, 1.165) is 5.92 Å². The van der Waals surface area contributed by atoms with E-state index in [0.29, 0.717) is 0 Å². The zero-order chi connectivity index (χ0) is 8.39. The van der Waals surface area contributed by atoms with Crippen molar-refractivity contribution in [3.63, 3.8) is 0 Å². The molecule has 1 aliphatic carbocycles. The first-order valence-electron chi connectivity index (χ1n) is 4.66. The van der Waals surface area contributed by atoms with Crippen LogP contribution in [0.15, 0.2) is 29.2 Å². The molecule has 0 bridgehead atoms. The Hall–Kier alpha value is -0.430. The van der Waals surface area contributed by atoms with Gasteiger partial charge in [-0.05, 0) is 30.4 Å². The minimum Gasteiger partial charge on any atom is -0.143 e. The first-order valence-corrected chi connectivity index (χ1v) is 5.10. The highest BCUT2D eigenvalue weighted by Crippen LogP contribution is 2.36. The molecule has 0 saturated heterocycles. The quantitative estimate of drug-likeness (QED) is 0.624. The molecule has 64 valence electrons. The number of hydrogen-bond donors (Lipinski definition) is 1. The van der Waals surface area contributed by atoms with Crippen LogP contribution in [0, 0.1) is 0 Å². The average molecular weight is 178 g/mol. The van der Waals surface area contributed by atoms with Gasteiger partial charge < -0.3 is 0 Å². The van der Waals surface area contributed by atoms with Crippen molar-refractivity contribution < 1.29 is 0 Å². The van der Waals surface area contributed by atoms with Gasteiger partial charge >= 0.3 is 0 Å². The van der Waals surface area contributed by atoms with Gasteiger partial charge in [0.1, 0.15) is 0 Å². The lowest BCUT2D eigenvalue weighted by Gasteiger charge is -2.11. The average Bonchev–Trinajstić information content (AvgIpc) is 2.57. The molecule has 0 atom stereocenters. The van der Waals surface area contributed by atoms with Crippen molar-refractivity contribution in [1.29, 1.82) is 0 Å². The molecule has 1 saturated carbocycles. The summed E-state index contributed by atoms with van der Waals surface area (Å²) in [4.78, 5) is 1.17. The minimum absolute atomic E-state index is 0.790. The predicted octanol–water partition coefficient (Wildman–Crippen LogP) is 3.63. The predicted molar refractivity (Wildman–Crippen MR) is 54.9 cm³/mol. The number of benzene rings is 1. The molecule has 0 aromatic heterocycles. The summed E-state index contributed by atoms with van der Waals surface area (Å²) in [5.41, 5.74) is 1.46. The molecular weight excluding hydrogens is 164 g/mol. The molecule has 0 heterocycles. The Bertz CT molecular complexity index is 261. The lowest BCUT2D eigenvalue weighted by molar-refractivity contribution is 0.709. The molecule has 1 heteroatoms. The van der Waals surface area contributed by atoms with Gasteiger partial charge in [0.05, 0.1) is 0 Å². The number of rotatable bonds is 1. The second kappa shape index (κ2) is 3.53. The minimum atomic E-state index is 0.790. The summed E-state index contributed by atoms with van der Waals surface area (Å²) in [6.07, 6.45) is 5.51. The summed E-state index contributed by atoms with van der Waals surface area (Å²) in [7, 11) is 0. The van der Waals surface area contributed by atoms with E-state index in [4.69, 9.17) is 0 Å². The van der Waals surface area contributed by atoms with Crippen molar-refractivity contribution in [3.8, 4) is 0 Å². The lowest BCUT2D eigenvalue weighted by atomic mass is 9.98. The monoisotopic (exact) mass is 178 g/mol. The molecule has 1 aromatic carbocycles. The van der Waals surface area contributed by atoms with Crippen LogP contribution < -0.4 is 0 Å². The van der Waals surface area contributed by atoms with Gasteiger partial charge in [-0.15, -0.1) is 12.6 Å². The first kappa shape index (κ1) is 8.18. The first-order chi connectivity index (χ1) is 5.88. The molecule has 0 aliphatic heterocycles. The molecule has 0 spiro atoms. The van der Waals surface area contributed by atoms with Crippen molar-refractivity contribution in [2.45, 2.75) is 36.5 Å². The summed E-state index contributed by atoms with van der Waals surface area (Å²) in [5.74, 6) is 0.790. The molecule has 0 amide bonds. The van der Waals surface area contributed by atoms with E-state index in [-0.39, 0.29) is 0 Å². The van der Waals surface area contributed by atoms with Crippen molar-refractivity contribution >= 4 is 12.6 Å². The SMILES string of the molecule is Sc1ccccc1C1CCCC1. The highest BCUT2D eigenvalue weighted by atomic mass is 32.1. The highest BCUT2D eigenvalue weighted by molar-refractivity contribution is 7.80. The van der Waals surface area contributed by atoms with Gasteiger partial charge in [0, 0.05) is 4.90 Å². The Morgan fingerprint density at radius 2 is 1.75 bits per heavy atom. The molecule has 0 N–H and O–H groups in total. The van der Waals surface area contributed by atoms with E-state index >= 15 is 0 Å². The van der Waals surface area contributed by atoms with Gasteiger partial charge in [0.15, 0.2) is 0 Å². The molecule has 12 heavy (non-hydrogen) atoms. The zero-order valence-electron chi connectivity index (χ0n) is 7.16. The van der Waals surface area contributed by atoms with Crippen LogP contribution in [0.1, 0.15) is 37.2 Å². The Morgan fingerprint density at radius 1 is 1.08 bits per heavy atom. The molecule has 1 aromatic rings. The van der Waals surface area contributed by atoms with Crippen LogP contribution in [0.3, 0.4) is 0 Å². The van der Waals surface area contributed by atoms with Gasteiger partial charge in [-0.25, -0.2) is 0 Å². The smallest absolute Gasteiger partial charge is 0.00748 e. The van der Waals surface area contributed by atoms with E-state index in [1.54, 1.807) is 0 Å². The second-order valence-electron chi connectivity index (χ2n) is 3.54. The fourth-order valence-corrected chi connectivity index (χ4v) is 2.41. The fourth-order valence-electron chi connectivity index (χ4n) is 2.07. The number of thiol groups is 1. The fraction of sp³-hybridized carbons (Fsp3) is 0.455. The summed E-state index contributed by atoms with van der Waals surface area (Å²) in [6.45, 7) is 0. The molecule has 1 aliphatic rings. The standard InChI is InChI=1S/C11H14S/c12-11-8-4-3-7-10(11)9-5-1-2-6-9/h3-4,7-9,12H,1-2,5-6H2. The van der Waals surface area contributed by atoms with Crippen molar-refractivity contribution in [3.05, 3.63) is 29.8 Å². The molecular formula is C11H14S. The van der Waals surface area contributed by atoms with Crippen molar-refractivity contribution in [2.24, 2.45) is 0 Å². The number of hydrogen-bond acceptors (Lipinski definition) is 1. The largest absolute Gasteiger partial charge is 0.143 e. The second-order valence-corrected chi connectivity index (χ2v) is 4.02. The molecule has 0 nitrogen and oxygen atoms in total. The molecule has 0 radical (unpaired) electrons. The van der Waals surface area contributed by atoms with E-state index in [1.165, 1.54) is 36.1 Å². The Morgan fingerprint density at radius 3 is 2.42 bits per heavy atom. The van der Waals surface area contributed by atoms with Crippen LogP contribution in [0.5, 0.6) is 0 Å². The van der Waals surface area contributed by atoms with E-state index in [9.17, 15) is 0 Å². The third kappa shape index (κ3) is 1.51. The van der Waals surface area contributed by atoms with E-state index < -0.39 is 0 Å². The summed E-state index contributed by atoms with van der Waals surface area (Å²) in [6, 6.07) is 8.49. The van der Waals surface area contributed by atoms with Gasteiger partial charge in [-0.3, -0.25) is 0 Å². The van der Waals surface area contributed by atoms with E-state index in [1.807, 2.05) is 0 Å². The van der Waals surface area contributed by atoms with E-state index in [2.05, 4.69) is 36.9 Å². The molecule has 0 unspecified atom stereocenters. The third-order valence-corrected chi connectivity index (χ3v) is 3.14. The molecule has 2 rings (SSSR count).